The summed E-state index contributed by atoms with van der Waals surface area (Å²) in [6.45, 7) is 2.30. The molecule has 0 aliphatic carbocycles. The van der Waals surface area contributed by atoms with Gasteiger partial charge in [-0.2, -0.15) is 0 Å². The Morgan fingerprint density at radius 3 is 2.35 bits per heavy atom. The molecule has 2 aromatic rings. The van der Waals surface area contributed by atoms with Crippen LogP contribution in [0.15, 0.2) is 32.9 Å². The van der Waals surface area contributed by atoms with E-state index in [4.69, 9.17) is 5.11 Å². The summed E-state index contributed by atoms with van der Waals surface area (Å²) >= 11 is 5.19. The monoisotopic (exact) mass is 326 g/mol. The first-order valence-corrected chi connectivity index (χ1v) is 9.38. The number of aliphatic hydroxyl groups excluding tert-OH is 1. The molecule has 0 amide bonds. The molecule has 0 atom stereocenters. The van der Waals surface area contributed by atoms with Crippen LogP contribution in [-0.2, 0) is 12.4 Å². The van der Waals surface area contributed by atoms with E-state index in [0.717, 1.165) is 25.7 Å². The van der Waals surface area contributed by atoms with Gasteiger partial charge in [0.2, 0.25) is 0 Å². The van der Waals surface area contributed by atoms with Crippen LogP contribution in [0, 0.1) is 0 Å². The van der Waals surface area contributed by atoms with Crippen LogP contribution in [0.5, 0.6) is 0 Å². The van der Waals surface area contributed by atoms with E-state index in [2.05, 4.69) is 29.3 Å². The smallest absolute Gasteiger partial charge is 0.175 e. The van der Waals surface area contributed by atoms with E-state index in [9.17, 15) is 0 Å². The lowest BCUT2D eigenvalue weighted by molar-refractivity contribution is 0.282. The lowest BCUT2D eigenvalue weighted by Crippen LogP contribution is -1.84. The number of hydrogen-bond acceptors (Lipinski definition) is 6. The van der Waals surface area contributed by atoms with Crippen molar-refractivity contribution in [3.63, 3.8) is 0 Å². The molecule has 0 fully saturated rings. The Morgan fingerprint density at radius 2 is 1.70 bits per heavy atom. The average molecular weight is 327 g/mol. The maximum absolute atomic E-state index is 9.00. The van der Waals surface area contributed by atoms with Crippen molar-refractivity contribution in [3.8, 4) is 0 Å². The molecule has 0 radical (unpaired) electrons. The van der Waals surface area contributed by atoms with Crippen LogP contribution in [0.3, 0.4) is 0 Å². The molecule has 1 aromatic heterocycles. The van der Waals surface area contributed by atoms with Crippen molar-refractivity contribution in [2.75, 3.05) is 5.75 Å². The number of thioether (sulfide) groups is 2. The second kappa shape index (κ2) is 8.67. The van der Waals surface area contributed by atoms with Crippen LogP contribution in [-0.4, -0.2) is 21.1 Å². The molecule has 0 bridgehead atoms. The molecule has 0 spiro atoms. The van der Waals surface area contributed by atoms with E-state index in [1.54, 1.807) is 34.9 Å². The minimum atomic E-state index is 0.0994. The van der Waals surface area contributed by atoms with E-state index >= 15 is 0 Å². The van der Waals surface area contributed by atoms with Gasteiger partial charge in [-0.05, 0) is 17.5 Å². The van der Waals surface area contributed by atoms with Gasteiger partial charge in [0, 0.05) is 11.5 Å². The molecular weight excluding hydrogens is 308 g/mol. The SMILES string of the molecule is CCCCSc1nnc(SCc2ccc(CO)cc2)s1. The molecule has 3 nitrogen and oxygen atoms in total. The first kappa shape index (κ1) is 15.8. The summed E-state index contributed by atoms with van der Waals surface area (Å²) < 4.78 is 2.09. The van der Waals surface area contributed by atoms with Crippen LogP contribution < -0.4 is 0 Å². The summed E-state index contributed by atoms with van der Waals surface area (Å²) in [5, 5.41) is 17.4. The van der Waals surface area contributed by atoms with Crippen molar-refractivity contribution in [1.29, 1.82) is 0 Å². The molecule has 1 N–H and O–H groups in total. The second-order valence-corrected chi connectivity index (χ2v) is 7.84. The fraction of sp³-hybridized carbons (Fsp3) is 0.429. The van der Waals surface area contributed by atoms with Crippen molar-refractivity contribution in [1.82, 2.24) is 10.2 Å². The molecule has 0 aliphatic rings. The van der Waals surface area contributed by atoms with Gasteiger partial charge in [-0.25, -0.2) is 0 Å². The maximum atomic E-state index is 9.00. The predicted molar refractivity (Wildman–Crippen MR) is 87.5 cm³/mol. The van der Waals surface area contributed by atoms with Crippen molar-refractivity contribution in [2.24, 2.45) is 0 Å². The number of hydrogen-bond donors (Lipinski definition) is 1. The van der Waals surface area contributed by atoms with Gasteiger partial charge >= 0.3 is 0 Å². The normalized spacial score (nSPS) is 10.9. The highest BCUT2D eigenvalue weighted by Crippen LogP contribution is 2.31. The Hall–Kier alpha value is -0.560. The Morgan fingerprint density at radius 1 is 1.05 bits per heavy atom. The lowest BCUT2D eigenvalue weighted by atomic mass is 10.2. The number of aromatic nitrogens is 2. The highest BCUT2D eigenvalue weighted by molar-refractivity contribution is 8.02. The number of benzene rings is 1. The van der Waals surface area contributed by atoms with Gasteiger partial charge in [0.05, 0.1) is 6.61 Å². The van der Waals surface area contributed by atoms with Crippen molar-refractivity contribution >= 4 is 34.9 Å². The quantitative estimate of drug-likeness (QED) is 0.581. The standard InChI is InChI=1S/C14H18N2OS3/c1-2-3-8-18-13-15-16-14(20-13)19-10-12-6-4-11(9-17)5-7-12/h4-7,17H,2-3,8-10H2,1H3. The lowest BCUT2D eigenvalue weighted by Gasteiger charge is -2.00. The Labute approximate surface area is 132 Å². The van der Waals surface area contributed by atoms with Gasteiger partial charge in [-0.3, -0.25) is 0 Å². The number of nitrogens with zero attached hydrogens (tertiary/aromatic N) is 2. The second-order valence-electron chi connectivity index (χ2n) is 4.30. The fourth-order valence-electron chi connectivity index (χ4n) is 1.50. The third-order valence-electron chi connectivity index (χ3n) is 2.68. The molecule has 6 heteroatoms. The summed E-state index contributed by atoms with van der Waals surface area (Å²) in [5.74, 6) is 2.01. The largest absolute Gasteiger partial charge is 0.392 e. The molecule has 1 aromatic carbocycles. The summed E-state index contributed by atoms with van der Waals surface area (Å²) in [7, 11) is 0. The molecule has 108 valence electrons. The zero-order chi connectivity index (χ0) is 14.2. The van der Waals surface area contributed by atoms with Crippen molar-refractivity contribution in [2.45, 2.75) is 40.8 Å². The topological polar surface area (TPSA) is 46.0 Å². The first-order chi connectivity index (χ1) is 9.81. The van der Waals surface area contributed by atoms with E-state index in [1.165, 1.54) is 18.4 Å². The molecule has 0 unspecified atom stereocenters. The zero-order valence-electron chi connectivity index (χ0n) is 11.4. The summed E-state index contributed by atoms with van der Waals surface area (Å²) in [6, 6.07) is 8.02. The van der Waals surface area contributed by atoms with Gasteiger partial charge in [0.1, 0.15) is 0 Å². The minimum Gasteiger partial charge on any atom is -0.392 e. The van der Waals surface area contributed by atoms with Crippen LogP contribution in [0.4, 0.5) is 0 Å². The molecule has 2 rings (SSSR count). The summed E-state index contributed by atoms with van der Waals surface area (Å²) in [6.07, 6.45) is 2.45. The molecule has 0 saturated heterocycles. The Kier molecular flexibility index (Phi) is 6.86. The maximum Gasteiger partial charge on any atom is 0.175 e. The van der Waals surface area contributed by atoms with Crippen LogP contribution in [0.25, 0.3) is 0 Å². The molecule has 0 saturated carbocycles. The van der Waals surface area contributed by atoms with Crippen LogP contribution in [0.1, 0.15) is 30.9 Å². The highest BCUT2D eigenvalue weighted by Gasteiger charge is 2.05. The van der Waals surface area contributed by atoms with Gasteiger partial charge in [-0.1, -0.05) is 72.5 Å². The van der Waals surface area contributed by atoms with E-state index in [0.29, 0.717) is 0 Å². The zero-order valence-corrected chi connectivity index (χ0v) is 13.9. The molecule has 1 heterocycles. The first-order valence-electron chi connectivity index (χ1n) is 6.59. The van der Waals surface area contributed by atoms with Gasteiger partial charge in [0.15, 0.2) is 8.68 Å². The Balaban J connectivity index is 1.81. The fourth-order valence-corrected chi connectivity index (χ4v) is 4.63. The van der Waals surface area contributed by atoms with Crippen molar-refractivity contribution < 1.29 is 5.11 Å². The van der Waals surface area contributed by atoms with E-state index in [-0.39, 0.29) is 6.61 Å². The minimum absolute atomic E-state index is 0.0994. The molecular formula is C14H18N2OS3. The Bertz CT molecular complexity index is 513. The highest BCUT2D eigenvalue weighted by atomic mass is 32.2. The third kappa shape index (κ3) is 5.09. The average Bonchev–Trinajstić information content (AvgIpc) is 2.94. The predicted octanol–water partition coefficient (Wildman–Crippen LogP) is 4.21. The molecule has 20 heavy (non-hydrogen) atoms. The summed E-state index contributed by atoms with van der Waals surface area (Å²) in [4.78, 5) is 0. The number of aliphatic hydroxyl groups is 1. The van der Waals surface area contributed by atoms with Gasteiger partial charge in [-0.15, -0.1) is 10.2 Å². The molecule has 0 aliphatic heterocycles. The third-order valence-corrected chi connectivity index (χ3v) is 6.03. The number of unbranched alkanes of at least 4 members (excludes halogenated alkanes) is 1. The summed E-state index contributed by atoms with van der Waals surface area (Å²) in [5.41, 5.74) is 2.19. The van der Waals surface area contributed by atoms with E-state index < -0.39 is 0 Å². The van der Waals surface area contributed by atoms with Gasteiger partial charge in [0.25, 0.3) is 0 Å². The van der Waals surface area contributed by atoms with Crippen LogP contribution in [0.2, 0.25) is 0 Å². The van der Waals surface area contributed by atoms with Crippen LogP contribution >= 0.6 is 34.9 Å². The van der Waals surface area contributed by atoms with Gasteiger partial charge < -0.3 is 5.11 Å². The van der Waals surface area contributed by atoms with E-state index in [1.807, 2.05) is 12.1 Å². The van der Waals surface area contributed by atoms with Crippen molar-refractivity contribution in [3.05, 3.63) is 35.4 Å². The number of rotatable bonds is 8.